The van der Waals surface area contributed by atoms with E-state index in [1.165, 1.54) is 0 Å². The van der Waals surface area contributed by atoms with Crippen molar-refractivity contribution < 1.29 is 14.7 Å². The summed E-state index contributed by atoms with van der Waals surface area (Å²) in [6.07, 6.45) is 3.47. The maximum Gasteiger partial charge on any atom is 0.133 e. The fourth-order valence-electron chi connectivity index (χ4n) is 1.39. The van der Waals surface area contributed by atoms with Gasteiger partial charge >= 0.3 is 0 Å². The maximum atomic E-state index is 11.3. The van der Waals surface area contributed by atoms with E-state index in [0.29, 0.717) is 32.1 Å². The molecule has 0 rings (SSSR count). The molecule has 0 aliphatic heterocycles. The van der Waals surface area contributed by atoms with E-state index in [1.807, 2.05) is 6.92 Å². The molecular weight excluding hydrogens is 192 g/mol. The molecule has 88 valence electrons. The van der Waals surface area contributed by atoms with Crippen LogP contribution >= 0.6 is 0 Å². The minimum absolute atomic E-state index is 0.0898. The van der Waals surface area contributed by atoms with Crippen molar-refractivity contribution in [3.8, 4) is 0 Å². The van der Waals surface area contributed by atoms with Gasteiger partial charge in [-0.15, -0.1) is 0 Å². The lowest BCUT2D eigenvalue weighted by Crippen LogP contribution is -2.10. The molecule has 0 radical (unpaired) electrons. The van der Waals surface area contributed by atoms with Gasteiger partial charge < -0.3 is 5.11 Å². The van der Waals surface area contributed by atoms with Gasteiger partial charge in [0.15, 0.2) is 0 Å². The molecule has 0 aromatic carbocycles. The van der Waals surface area contributed by atoms with Crippen LogP contribution in [0.25, 0.3) is 0 Å². The maximum absolute atomic E-state index is 11.3. The Morgan fingerprint density at radius 2 is 1.60 bits per heavy atom. The van der Waals surface area contributed by atoms with Crippen LogP contribution in [0, 0.1) is 0 Å². The van der Waals surface area contributed by atoms with Crippen molar-refractivity contribution in [2.45, 2.75) is 64.9 Å². The van der Waals surface area contributed by atoms with E-state index < -0.39 is 0 Å². The normalized spacial score (nSPS) is 12.5. The summed E-state index contributed by atoms with van der Waals surface area (Å²) in [7, 11) is 0. The first-order valence-corrected chi connectivity index (χ1v) is 5.81. The predicted molar refractivity (Wildman–Crippen MR) is 59.7 cm³/mol. The van der Waals surface area contributed by atoms with E-state index in [2.05, 4.69) is 0 Å². The molecule has 3 heteroatoms. The summed E-state index contributed by atoms with van der Waals surface area (Å²) in [5.74, 6) is 0.226. The zero-order valence-electron chi connectivity index (χ0n) is 9.79. The van der Waals surface area contributed by atoms with Crippen molar-refractivity contribution in [2.24, 2.45) is 0 Å². The van der Waals surface area contributed by atoms with E-state index >= 15 is 0 Å². The summed E-state index contributed by atoms with van der Waals surface area (Å²) in [4.78, 5) is 22.3. The second kappa shape index (κ2) is 8.60. The summed E-state index contributed by atoms with van der Waals surface area (Å²) in [5, 5.41) is 9.40. The lowest BCUT2D eigenvalue weighted by Gasteiger charge is -2.07. The van der Waals surface area contributed by atoms with Crippen LogP contribution in [0.3, 0.4) is 0 Å². The first-order chi connectivity index (χ1) is 7.10. The Morgan fingerprint density at radius 1 is 1.00 bits per heavy atom. The molecule has 0 aromatic heterocycles. The molecule has 0 amide bonds. The number of hydrogen-bond acceptors (Lipinski definition) is 3. The Morgan fingerprint density at radius 3 is 2.13 bits per heavy atom. The van der Waals surface area contributed by atoms with Crippen molar-refractivity contribution in [1.29, 1.82) is 0 Å². The Kier molecular flexibility index (Phi) is 8.19. The molecule has 0 aliphatic carbocycles. The summed E-state index contributed by atoms with van der Waals surface area (Å²) in [5.41, 5.74) is 0. The van der Waals surface area contributed by atoms with Crippen molar-refractivity contribution in [1.82, 2.24) is 0 Å². The molecule has 15 heavy (non-hydrogen) atoms. The number of carbonyl (C=O) groups is 2. The third-order valence-corrected chi connectivity index (χ3v) is 2.46. The van der Waals surface area contributed by atoms with Gasteiger partial charge in [0.05, 0.1) is 6.10 Å². The van der Waals surface area contributed by atoms with E-state index in [-0.39, 0.29) is 17.7 Å². The van der Waals surface area contributed by atoms with Crippen LogP contribution < -0.4 is 0 Å². The van der Waals surface area contributed by atoms with Gasteiger partial charge in [-0.2, -0.15) is 0 Å². The van der Waals surface area contributed by atoms with Crippen molar-refractivity contribution in [2.75, 3.05) is 0 Å². The molecule has 3 nitrogen and oxygen atoms in total. The van der Waals surface area contributed by atoms with Crippen LogP contribution in [0.4, 0.5) is 0 Å². The third-order valence-electron chi connectivity index (χ3n) is 2.46. The second-order valence-electron chi connectivity index (χ2n) is 3.91. The fraction of sp³-hybridized carbons (Fsp3) is 0.833. The number of rotatable bonds is 9. The number of Topliss-reactive ketones (excluding diaryl/α,β-unsaturated/α-hetero) is 2. The van der Waals surface area contributed by atoms with Crippen LogP contribution in [0.5, 0.6) is 0 Å². The highest BCUT2D eigenvalue weighted by molar-refractivity contribution is 5.85. The predicted octanol–water partition coefficient (Wildman–Crippen LogP) is 2.26. The molecular formula is C12H22O3. The summed E-state index contributed by atoms with van der Waals surface area (Å²) in [6.45, 7) is 3.81. The van der Waals surface area contributed by atoms with Crippen molar-refractivity contribution in [3.05, 3.63) is 0 Å². The lowest BCUT2D eigenvalue weighted by atomic mass is 10.0. The van der Waals surface area contributed by atoms with E-state index in [9.17, 15) is 14.7 Å². The van der Waals surface area contributed by atoms with Crippen LogP contribution in [-0.2, 0) is 9.59 Å². The zero-order valence-corrected chi connectivity index (χ0v) is 9.79. The second-order valence-corrected chi connectivity index (χ2v) is 3.91. The van der Waals surface area contributed by atoms with Gasteiger partial charge in [0, 0.05) is 25.7 Å². The summed E-state index contributed by atoms with van der Waals surface area (Å²) >= 11 is 0. The lowest BCUT2D eigenvalue weighted by molar-refractivity contribution is -0.124. The van der Waals surface area contributed by atoms with Gasteiger partial charge in [0.2, 0.25) is 0 Å². The Hall–Kier alpha value is -0.700. The molecule has 0 saturated carbocycles. The molecule has 1 unspecified atom stereocenters. The van der Waals surface area contributed by atoms with E-state index in [0.717, 1.165) is 12.8 Å². The summed E-state index contributed by atoms with van der Waals surface area (Å²) in [6, 6.07) is 0. The van der Waals surface area contributed by atoms with Crippen LogP contribution in [0.15, 0.2) is 0 Å². The Bertz CT molecular complexity index is 199. The summed E-state index contributed by atoms with van der Waals surface area (Å²) < 4.78 is 0. The van der Waals surface area contributed by atoms with Crippen molar-refractivity contribution >= 4 is 11.6 Å². The molecule has 0 aliphatic rings. The molecule has 0 aromatic rings. The number of ketones is 2. The number of hydrogen-bond donors (Lipinski definition) is 1. The third kappa shape index (κ3) is 8.30. The average molecular weight is 214 g/mol. The molecule has 0 spiro atoms. The quantitative estimate of drug-likeness (QED) is 0.640. The standard InChI is InChI=1S/C12H22O3/c1-3-5-11(14)8-9-12(15)7-6-10(13)4-2/h11,14H,3-9H2,1-2H3. The minimum Gasteiger partial charge on any atom is -0.393 e. The molecule has 1 atom stereocenters. The minimum atomic E-state index is -0.360. The highest BCUT2D eigenvalue weighted by Gasteiger charge is 2.08. The molecule has 1 N–H and O–H groups in total. The number of aliphatic hydroxyl groups is 1. The fourth-order valence-corrected chi connectivity index (χ4v) is 1.39. The van der Waals surface area contributed by atoms with Crippen molar-refractivity contribution in [3.63, 3.8) is 0 Å². The highest BCUT2D eigenvalue weighted by Crippen LogP contribution is 2.07. The Balaban J connectivity index is 3.53. The Labute approximate surface area is 91.9 Å². The van der Waals surface area contributed by atoms with E-state index in [4.69, 9.17) is 0 Å². The van der Waals surface area contributed by atoms with Gasteiger partial charge in [-0.1, -0.05) is 20.3 Å². The SMILES string of the molecule is CCCC(O)CCC(=O)CCC(=O)CC. The van der Waals surface area contributed by atoms with Gasteiger partial charge in [0.25, 0.3) is 0 Å². The first kappa shape index (κ1) is 14.3. The van der Waals surface area contributed by atoms with Gasteiger partial charge in [0.1, 0.15) is 11.6 Å². The monoisotopic (exact) mass is 214 g/mol. The van der Waals surface area contributed by atoms with Gasteiger partial charge in [-0.3, -0.25) is 9.59 Å². The number of aliphatic hydroxyl groups excluding tert-OH is 1. The van der Waals surface area contributed by atoms with E-state index in [1.54, 1.807) is 6.92 Å². The molecule has 0 fully saturated rings. The molecule has 0 heterocycles. The highest BCUT2D eigenvalue weighted by atomic mass is 16.3. The first-order valence-electron chi connectivity index (χ1n) is 5.81. The van der Waals surface area contributed by atoms with Gasteiger partial charge in [-0.25, -0.2) is 0 Å². The zero-order chi connectivity index (χ0) is 11.7. The van der Waals surface area contributed by atoms with Crippen LogP contribution in [0.1, 0.15) is 58.8 Å². The van der Waals surface area contributed by atoms with Gasteiger partial charge in [-0.05, 0) is 12.8 Å². The molecule has 0 bridgehead atoms. The largest absolute Gasteiger partial charge is 0.393 e. The van der Waals surface area contributed by atoms with Crippen LogP contribution in [-0.4, -0.2) is 22.8 Å². The molecule has 0 saturated heterocycles. The smallest absolute Gasteiger partial charge is 0.133 e. The topological polar surface area (TPSA) is 54.4 Å². The average Bonchev–Trinajstić information content (AvgIpc) is 2.23. The van der Waals surface area contributed by atoms with Crippen LogP contribution in [0.2, 0.25) is 0 Å². The number of carbonyl (C=O) groups excluding carboxylic acids is 2.